The first-order valence-electron chi connectivity index (χ1n) is 8.32. The van der Waals surface area contributed by atoms with E-state index in [1.807, 2.05) is 29.2 Å². The Balaban J connectivity index is 1.54. The molecule has 0 bridgehead atoms. The van der Waals surface area contributed by atoms with Crippen LogP contribution in [0, 0.1) is 5.92 Å². The highest BCUT2D eigenvalue weighted by atomic mass is 35.5. The van der Waals surface area contributed by atoms with Crippen LogP contribution in [0.2, 0.25) is 5.02 Å². The normalized spacial score (nSPS) is 20.3. The van der Waals surface area contributed by atoms with E-state index in [2.05, 4.69) is 4.98 Å². The Hall–Kier alpha value is -1.43. The van der Waals surface area contributed by atoms with Gasteiger partial charge in [-0.05, 0) is 25.3 Å². The van der Waals surface area contributed by atoms with Crippen molar-refractivity contribution in [1.82, 2.24) is 9.88 Å². The molecule has 24 heavy (non-hydrogen) atoms. The molecule has 0 spiro atoms. The first-order chi connectivity index (χ1) is 11.7. The zero-order valence-corrected chi connectivity index (χ0v) is 14.9. The molecule has 1 aliphatic carbocycles. The minimum Gasteiger partial charge on any atom is -0.381 e. The van der Waals surface area contributed by atoms with Gasteiger partial charge in [-0.15, -0.1) is 11.3 Å². The molecule has 2 fully saturated rings. The molecule has 1 aromatic carbocycles. The Morgan fingerprint density at radius 1 is 1.33 bits per heavy atom. The highest BCUT2D eigenvalue weighted by molar-refractivity contribution is 7.17. The number of rotatable bonds is 5. The minimum absolute atomic E-state index is 0.0974. The summed E-state index contributed by atoms with van der Waals surface area (Å²) in [5.41, 5.74) is 0.880. The molecule has 1 aromatic heterocycles. The van der Waals surface area contributed by atoms with Crippen molar-refractivity contribution >= 4 is 28.8 Å². The fourth-order valence-electron chi connectivity index (χ4n) is 3.06. The zero-order chi connectivity index (χ0) is 16.5. The van der Waals surface area contributed by atoms with Crippen LogP contribution in [0.3, 0.4) is 0 Å². The Labute approximate surface area is 150 Å². The van der Waals surface area contributed by atoms with Gasteiger partial charge in [-0.3, -0.25) is 4.79 Å². The first-order valence-corrected chi connectivity index (χ1v) is 9.51. The topological polar surface area (TPSA) is 42.4 Å². The van der Waals surface area contributed by atoms with Crippen molar-refractivity contribution in [3.8, 4) is 10.6 Å². The molecule has 1 saturated carbocycles. The van der Waals surface area contributed by atoms with Gasteiger partial charge in [0.2, 0.25) is 0 Å². The van der Waals surface area contributed by atoms with Crippen LogP contribution in [0.15, 0.2) is 30.5 Å². The van der Waals surface area contributed by atoms with Gasteiger partial charge in [-0.1, -0.05) is 29.8 Å². The monoisotopic (exact) mass is 362 g/mol. The summed E-state index contributed by atoms with van der Waals surface area (Å²) in [7, 11) is 0. The maximum atomic E-state index is 13.0. The van der Waals surface area contributed by atoms with Gasteiger partial charge in [-0.25, -0.2) is 4.98 Å². The van der Waals surface area contributed by atoms with Crippen LogP contribution in [-0.2, 0) is 4.74 Å². The first kappa shape index (κ1) is 16.1. The molecule has 0 N–H and O–H groups in total. The second-order valence-corrected chi connectivity index (χ2v) is 7.87. The summed E-state index contributed by atoms with van der Waals surface area (Å²) in [4.78, 5) is 20.1. The second kappa shape index (κ2) is 6.82. The molecular weight excluding hydrogens is 344 g/mol. The van der Waals surface area contributed by atoms with Gasteiger partial charge in [0.25, 0.3) is 5.91 Å². The lowest BCUT2D eigenvalue weighted by atomic mass is 10.1. The summed E-state index contributed by atoms with van der Waals surface area (Å²) in [6, 6.07) is 7.99. The largest absolute Gasteiger partial charge is 0.381 e. The maximum Gasteiger partial charge on any atom is 0.265 e. The molecule has 0 unspecified atom stereocenters. The lowest BCUT2D eigenvalue weighted by molar-refractivity contribution is 0.0711. The van der Waals surface area contributed by atoms with Crippen LogP contribution in [0.1, 0.15) is 28.9 Å². The van der Waals surface area contributed by atoms with Gasteiger partial charge in [0.05, 0.1) is 17.8 Å². The Morgan fingerprint density at radius 3 is 2.88 bits per heavy atom. The van der Waals surface area contributed by atoms with Crippen LogP contribution >= 0.6 is 22.9 Å². The van der Waals surface area contributed by atoms with Crippen LogP contribution in [0.25, 0.3) is 10.6 Å². The summed E-state index contributed by atoms with van der Waals surface area (Å²) in [6.45, 7) is 2.38. The highest BCUT2D eigenvalue weighted by Crippen LogP contribution is 2.34. The minimum atomic E-state index is 0.0974. The van der Waals surface area contributed by atoms with Crippen molar-refractivity contribution in [2.24, 2.45) is 5.92 Å². The Morgan fingerprint density at radius 2 is 2.17 bits per heavy atom. The van der Waals surface area contributed by atoms with Crippen molar-refractivity contribution in [2.45, 2.75) is 25.3 Å². The van der Waals surface area contributed by atoms with Crippen LogP contribution in [0.5, 0.6) is 0 Å². The molecule has 2 heterocycles. The van der Waals surface area contributed by atoms with Crippen LogP contribution in [0.4, 0.5) is 0 Å². The summed E-state index contributed by atoms with van der Waals surface area (Å²) in [5, 5.41) is 1.46. The number of ether oxygens (including phenoxy) is 1. The van der Waals surface area contributed by atoms with Gasteiger partial charge in [0.15, 0.2) is 0 Å². The third kappa shape index (κ3) is 3.34. The van der Waals surface area contributed by atoms with E-state index in [0.717, 1.165) is 49.6 Å². The van der Waals surface area contributed by atoms with Crippen molar-refractivity contribution in [1.29, 1.82) is 0 Å². The standard InChI is InChI=1S/C18H19ClN2O2S/c19-15-4-2-1-3-14(15)17-20-9-16(24-17)18(22)21(13-5-6-13)10-12-7-8-23-11-12/h1-4,9,12-13H,5-8,10-11H2/t12-/m0/s1. The average molecular weight is 363 g/mol. The van der Waals surface area contributed by atoms with Crippen molar-refractivity contribution in [3.05, 3.63) is 40.4 Å². The van der Waals surface area contributed by atoms with Crippen molar-refractivity contribution in [3.63, 3.8) is 0 Å². The van der Waals surface area contributed by atoms with Crippen LogP contribution in [-0.4, -0.2) is 41.6 Å². The smallest absolute Gasteiger partial charge is 0.265 e. The van der Waals surface area contributed by atoms with E-state index in [-0.39, 0.29) is 5.91 Å². The second-order valence-electron chi connectivity index (χ2n) is 6.43. The molecule has 6 heteroatoms. The van der Waals surface area contributed by atoms with Gasteiger partial charge >= 0.3 is 0 Å². The fraction of sp³-hybridized carbons (Fsp3) is 0.444. The number of hydrogen-bond donors (Lipinski definition) is 0. The lowest BCUT2D eigenvalue weighted by Crippen LogP contribution is -2.37. The third-order valence-corrected chi connectivity index (χ3v) is 5.90. The van der Waals surface area contributed by atoms with E-state index in [1.54, 1.807) is 6.20 Å². The SMILES string of the molecule is O=C(c1cnc(-c2ccccc2Cl)s1)N(C[C@@H]1CCOC1)C1CC1. The summed E-state index contributed by atoms with van der Waals surface area (Å²) in [6.07, 6.45) is 4.95. The number of aromatic nitrogens is 1. The number of carbonyl (C=O) groups excluding carboxylic acids is 1. The number of thiazole rings is 1. The lowest BCUT2D eigenvalue weighted by Gasteiger charge is -2.24. The molecule has 2 aliphatic rings. The van der Waals surface area contributed by atoms with E-state index >= 15 is 0 Å². The van der Waals surface area contributed by atoms with E-state index in [0.29, 0.717) is 21.9 Å². The Bertz CT molecular complexity index is 738. The van der Waals surface area contributed by atoms with Gasteiger partial charge in [0, 0.05) is 30.7 Å². The number of amides is 1. The molecular formula is C18H19ClN2O2S. The van der Waals surface area contributed by atoms with Crippen molar-refractivity contribution in [2.75, 3.05) is 19.8 Å². The molecule has 4 rings (SSSR count). The third-order valence-electron chi connectivity index (χ3n) is 4.55. The number of nitrogens with zero attached hydrogens (tertiary/aromatic N) is 2. The number of benzene rings is 1. The van der Waals surface area contributed by atoms with E-state index in [9.17, 15) is 4.79 Å². The number of carbonyl (C=O) groups is 1. The molecule has 0 radical (unpaired) electrons. The van der Waals surface area contributed by atoms with E-state index < -0.39 is 0 Å². The maximum absolute atomic E-state index is 13.0. The molecule has 4 nitrogen and oxygen atoms in total. The molecule has 1 amide bonds. The zero-order valence-electron chi connectivity index (χ0n) is 13.3. The van der Waals surface area contributed by atoms with Crippen molar-refractivity contribution < 1.29 is 9.53 Å². The highest BCUT2D eigenvalue weighted by Gasteiger charge is 2.36. The van der Waals surface area contributed by atoms with Crippen LogP contribution < -0.4 is 0 Å². The number of halogens is 1. The average Bonchev–Trinajstić information content (AvgIpc) is 3.10. The molecule has 1 atom stereocenters. The predicted molar refractivity (Wildman–Crippen MR) is 95.5 cm³/mol. The number of hydrogen-bond acceptors (Lipinski definition) is 4. The van der Waals surface area contributed by atoms with Gasteiger partial charge in [0.1, 0.15) is 9.88 Å². The van der Waals surface area contributed by atoms with Gasteiger partial charge in [-0.2, -0.15) is 0 Å². The Kier molecular flexibility index (Phi) is 4.57. The summed E-state index contributed by atoms with van der Waals surface area (Å²) < 4.78 is 5.46. The molecule has 126 valence electrons. The molecule has 1 aliphatic heterocycles. The quantitative estimate of drug-likeness (QED) is 0.804. The van der Waals surface area contributed by atoms with E-state index in [1.165, 1.54) is 11.3 Å². The summed E-state index contributed by atoms with van der Waals surface area (Å²) >= 11 is 7.66. The predicted octanol–water partition coefficient (Wildman–Crippen LogP) is 4.10. The fourth-order valence-corrected chi connectivity index (χ4v) is 4.26. The van der Waals surface area contributed by atoms with Gasteiger partial charge < -0.3 is 9.64 Å². The van der Waals surface area contributed by atoms with E-state index in [4.69, 9.17) is 16.3 Å². The molecule has 2 aromatic rings. The molecule has 1 saturated heterocycles. The summed E-state index contributed by atoms with van der Waals surface area (Å²) in [5.74, 6) is 0.561.